The number of morpholine rings is 2. The molecule has 2 saturated heterocycles. The van der Waals surface area contributed by atoms with Gasteiger partial charge in [-0.1, -0.05) is 0 Å². The van der Waals surface area contributed by atoms with Gasteiger partial charge < -0.3 is 39.2 Å². The van der Waals surface area contributed by atoms with Gasteiger partial charge in [0, 0.05) is 36.6 Å². The number of imide groups is 1. The Hall–Kier alpha value is -5.04. The van der Waals surface area contributed by atoms with Crippen molar-refractivity contribution >= 4 is 41.3 Å². The molecule has 274 valence electrons. The third-order valence-electron chi connectivity index (χ3n) is 7.65. The summed E-state index contributed by atoms with van der Waals surface area (Å²) in [6.45, 7) is 13.1. The van der Waals surface area contributed by atoms with Crippen LogP contribution in [0, 0.1) is 18.3 Å². The normalized spacial score (nSPS) is 17.2. The van der Waals surface area contributed by atoms with Crippen molar-refractivity contribution in [2.24, 2.45) is 0 Å². The van der Waals surface area contributed by atoms with Crippen LogP contribution in [0.5, 0.6) is 0 Å². The van der Waals surface area contributed by atoms with Crippen molar-refractivity contribution in [3.05, 3.63) is 58.7 Å². The van der Waals surface area contributed by atoms with Crippen LogP contribution in [0.25, 0.3) is 0 Å². The smallest absolute Gasteiger partial charge is 0.420 e. The summed E-state index contributed by atoms with van der Waals surface area (Å²) in [6.07, 6.45) is -5.52. The number of aryl methyl sites for hydroxylation is 1. The van der Waals surface area contributed by atoms with Gasteiger partial charge in [-0.25, -0.2) is 14.5 Å². The van der Waals surface area contributed by atoms with E-state index in [2.05, 4.69) is 5.32 Å². The average Bonchev–Trinajstić information content (AvgIpc) is 3.05. The number of aliphatic hydroxyl groups excluding tert-OH is 1. The summed E-state index contributed by atoms with van der Waals surface area (Å²) in [7, 11) is 0. The number of carbonyl (C=O) groups is 5. The highest BCUT2D eigenvalue weighted by molar-refractivity contribution is 6.05. The van der Waals surface area contributed by atoms with Crippen molar-refractivity contribution in [1.82, 2.24) is 9.80 Å². The van der Waals surface area contributed by atoms with E-state index in [1.807, 2.05) is 6.07 Å². The summed E-state index contributed by atoms with van der Waals surface area (Å²) in [5.41, 5.74) is 0.0348. The Balaban J connectivity index is 1.52. The highest BCUT2D eigenvalue weighted by atomic mass is 16.6. The molecular weight excluding hydrogens is 662 g/mol. The number of anilines is 2. The van der Waals surface area contributed by atoms with Crippen LogP contribution in [0.3, 0.4) is 0 Å². The van der Waals surface area contributed by atoms with Crippen LogP contribution in [-0.2, 0) is 35.1 Å². The minimum atomic E-state index is -1.95. The zero-order valence-corrected chi connectivity index (χ0v) is 30.0. The Morgan fingerprint density at radius 1 is 0.980 bits per heavy atom. The SMILES string of the molecule is Cc1cc(C(=O)N2CCOCC2)cc(N2CCO[C@H]([C@@H](O)C(=O)Nc3ccc(C#N)c(CN(C(=O)OC(C)(C)C)C(=O)OC(C)(C)C)c3)C2=O)c1. The number of nitrogens with one attached hydrogen (secondary N) is 1. The van der Waals surface area contributed by atoms with Crippen LogP contribution in [-0.4, -0.2) is 108 Å². The summed E-state index contributed by atoms with van der Waals surface area (Å²) in [5.74, 6) is -1.85. The van der Waals surface area contributed by atoms with Crippen molar-refractivity contribution in [3.8, 4) is 6.07 Å². The molecule has 2 fully saturated rings. The molecule has 5 amide bonds. The summed E-state index contributed by atoms with van der Waals surface area (Å²) in [6, 6.07) is 11.2. The van der Waals surface area contributed by atoms with Gasteiger partial charge in [0.1, 0.15) is 11.2 Å². The lowest BCUT2D eigenvalue weighted by Gasteiger charge is -2.34. The molecule has 0 spiro atoms. The molecule has 2 aliphatic heterocycles. The van der Waals surface area contributed by atoms with E-state index in [4.69, 9.17) is 18.9 Å². The molecule has 0 unspecified atom stereocenters. The fraction of sp³-hybridized carbons (Fsp3) is 0.500. The standard InChI is InChI=1S/C36H45N5O10/c1-22-16-24(31(44)39-10-13-48-14-11-39)19-27(17-22)40-12-15-49-29(32(40)45)28(42)30(43)38-26-9-8-23(20-37)25(18-26)21-41(33(46)50-35(2,3)4)34(47)51-36(5,6)7/h8-9,16-19,28-29,42H,10-15,21H2,1-7H3,(H,38,43)/t28-,29-/m1/s1. The summed E-state index contributed by atoms with van der Waals surface area (Å²) in [4.78, 5) is 70.0. The van der Waals surface area contributed by atoms with Gasteiger partial charge in [-0.15, -0.1) is 0 Å². The first-order valence-electron chi connectivity index (χ1n) is 16.5. The summed E-state index contributed by atoms with van der Waals surface area (Å²) in [5, 5.41) is 23.3. The average molecular weight is 708 g/mol. The first-order chi connectivity index (χ1) is 23.9. The van der Waals surface area contributed by atoms with Gasteiger partial charge >= 0.3 is 12.2 Å². The van der Waals surface area contributed by atoms with Gasteiger partial charge in [-0.2, -0.15) is 5.26 Å². The maximum absolute atomic E-state index is 13.6. The molecule has 2 heterocycles. The van der Waals surface area contributed by atoms with Gasteiger partial charge in [0.2, 0.25) is 0 Å². The molecule has 4 rings (SSSR count). The molecule has 0 radical (unpaired) electrons. The number of aliphatic hydroxyl groups is 1. The van der Waals surface area contributed by atoms with Crippen LogP contribution in [0.1, 0.15) is 68.6 Å². The number of benzene rings is 2. The predicted octanol–water partition coefficient (Wildman–Crippen LogP) is 3.74. The van der Waals surface area contributed by atoms with Crippen LogP contribution in [0.2, 0.25) is 0 Å². The molecule has 0 aliphatic carbocycles. The van der Waals surface area contributed by atoms with Crippen LogP contribution < -0.4 is 10.2 Å². The Kier molecular flexibility index (Phi) is 12.1. The summed E-state index contributed by atoms with van der Waals surface area (Å²) >= 11 is 0. The van der Waals surface area contributed by atoms with Crippen LogP contribution >= 0.6 is 0 Å². The molecule has 0 bridgehead atoms. The first kappa shape index (κ1) is 38.8. The zero-order chi connectivity index (χ0) is 37.7. The lowest BCUT2D eigenvalue weighted by molar-refractivity contribution is -0.150. The Morgan fingerprint density at radius 2 is 1.61 bits per heavy atom. The molecule has 2 N–H and O–H groups in total. The first-order valence-corrected chi connectivity index (χ1v) is 16.5. The molecule has 15 heteroatoms. The monoisotopic (exact) mass is 707 g/mol. The van der Waals surface area contributed by atoms with Crippen molar-refractivity contribution in [3.63, 3.8) is 0 Å². The fourth-order valence-electron chi connectivity index (χ4n) is 5.35. The molecule has 51 heavy (non-hydrogen) atoms. The molecule has 2 aliphatic rings. The van der Waals surface area contributed by atoms with Crippen molar-refractivity contribution < 1.29 is 48.0 Å². The Bertz CT molecular complexity index is 1670. The Labute approximate surface area is 297 Å². The molecule has 15 nitrogen and oxygen atoms in total. The zero-order valence-electron chi connectivity index (χ0n) is 30.0. The van der Waals surface area contributed by atoms with Crippen LogP contribution in [0.15, 0.2) is 36.4 Å². The number of carbonyl (C=O) groups excluding carboxylic acids is 5. The van der Waals surface area contributed by atoms with E-state index < -0.39 is 54.0 Å². The molecule has 2 aromatic rings. The number of hydrogen-bond acceptors (Lipinski definition) is 11. The maximum Gasteiger partial charge on any atom is 0.420 e. The molecule has 2 aromatic carbocycles. The van der Waals surface area contributed by atoms with E-state index in [1.54, 1.807) is 71.6 Å². The highest BCUT2D eigenvalue weighted by Gasteiger charge is 2.40. The van der Waals surface area contributed by atoms with Gasteiger partial charge in [0.15, 0.2) is 12.2 Å². The minimum absolute atomic E-state index is 0.00755. The summed E-state index contributed by atoms with van der Waals surface area (Å²) < 4.78 is 21.7. The lowest BCUT2D eigenvalue weighted by atomic mass is 10.0. The number of amides is 5. The number of nitriles is 1. The van der Waals surface area contributed by atoms with Crippen molar-refractivity contribution in [2.75, 3.05) is 49.7 Å². The topological polar surface area (TPSA) is 188 Å². The van der Waals surface area contributed by atoms with Gasteiger partial charge in [0.25, 0.3) is 17.7 Å². The minimum Gasteiger partial charge on any atom is -0.443 e. The second kappa shape index (κ2) is 15.9. The molecule has 0 aromatic heterocycles. The fourth-order valence-corrected chi connectivity index (χ4v) is 5.35. The van der Waals surface area contributed by atoms with E-state index in [-0.39, 0.29) is 35.9 Å². The van der Waals surface area contributed by atoms with E-state index in [9.17, 15) is 34.3 Å². The predicted molar refractivity (Wildman–Crippen MR) is 184 cm³/mol. The van der Waals surface area contributed by atoms with Gasteiger partial charge in [0.05, 0.1) is 38.0 Å². The molecule has 2 atom stereocenters. The third-order valence-corrected chi connectivity index (χ3v) is 7.65. The lowest BCUT2D eigenvalue weighted by Crippen LogP contribution is -2.55. The number of ether oxygens (including phenoxy) is 4. The quantitative estimate of drug-likeness (QED) is 0.427. The van der Waals surface area contributed by atoms with E-state index in [1.165, 1.54) is 23.1 Å². The van der Waals surface area contributed by atoms with Crippen molar-refractivity contribution in [2.45, 2.75) is 78.4 Å². The Morgan fingerprint density at radius 3 is 2.20 bits per heavy atom. The number of rotatable bonds is 7. The number of hydrogen-bond donors (Lipinski definition) is 2. The van der Waals surface area contributed by atoms with Crippen molar-refractivity contribution in [1.29, 1.82) is 5.26 Å². The largest absolute Gasteiger partial charge is 0.443 e. The maximum atomic E-state index is 13.6. The highest BCUT2D eigenvalue weighted by Crippen LogP contribution is 2.26. The number of nitrogens with zero attached hydrogens (tertiary/aromatic N) is 4. The molecule has 0 saturated carbocycles. The second-order valence-electron chi connectivity index (χ2n) is 14.2. The van der Waals surface area contributed by atoms with E-state index in [0.717, 1.165) is 5.56 Å². The van der Waals surface area contributed by atoms with E-state index in [0.29, 0.717) is 42.5 Å². The van der Waals surface area contributed by atoms with Gasteiger partial charge in [-0.3, -0.25) is 14.4 Å². The molecular formula is C36H45N5O10. The second-order valence-corrected chi connectivity index (χ2v) is 14.2. The van der Waals surface area contributed by atoms with Crippen LogP contribution in [0.4, 0.5) is 21.0 Å². The third kappa shape index (κ3) is 10.3. The van der Waals surface area contributed by atoms with E-state index >= 15 is 0 Å². The van der Waals surface area contributed by atoms with Gasteiger partial charge in [-0.05, 0) is 96.0 Å².